The van der Waals surface area contributed by atoms with E-state index in [1.165, 1.54) is 22.3 Å². The van der Waals surface area contributed by atoms with Crippen LogP contribution in [0.3, 0.4) is 0 Å². The number of hydrogen-bond donors (Lipinski definition) is 0. The summed E-state index contributed by atoms with van der Waals surface area (Å²) >= 11 is 0. The Morgan fingerprint density at radius 1 is 1.00 bits per heavy atom. The van der Waals surface area contributed by atoms with Gasteiger partial charge in [-0.25, -0.2) is 0 Å². The molecule has 2 aromatic carbocycles. The third kappa shape index (κ3) is 3.99. The van der Waals surface area contributed by atoms with Gasteiger partial charge in [0.25, 0.3) is 0 Å². The van der Waals surface area contributed by atoms with Crippen LogP contribution in [-0.2, 0) is 22.5 Å². The van der Waals surface area contributed by atoms with Crippen molar-refractivity contribution in [3.63, 3.8) is 0 Å². The van der Waals surface area contributed by atoms with E-state index in [1.807, 2.05) is 0 Å². The fraction of sp³-hybridized carbons (Fsp3) is 0.458. The number of ether oxygens (including phenoxy) is 1. The third-order valence-electron chi connectivity index (χ3n) is 6.42. The van der Waals surface area contributed by atoms with Crippen LogP contribution < -0.4 is 0 Å². The second-order valence-corrected chi connectivity index (χ2v) is 8.17. The lowest BCUT2D eigenvalue weighted by atomic mass is 9.80. The maximum absolute atomic E-state index is 13.1. The molecule has 2 atom stereocenters. The highest BCUT2D eigenvalue weighted by molar-refractivity contribution is 5.84. The molecule has 2 saturated heterocycles. The van der Waals surface area contributed by atoms with Gasteiger partial charge in [0.15, 0.2) is 0 Å². The Bertz CT molecular complexity index is 787. The lowest BCUT2D eigenvalue weighted by molar-refractivity contribution is -0.133. The van der Waals surface area contributed by atoms with Crippen molar-refractivity contribution in [1.82, 2.24) is 4.90 Å². The molecule has 2 aliphatic heterocycles. The van der Waals surface area contributed by atoms with E-state index in [2.05, 4.69) is 67.3 Å². The first-order valence-corrected chi connectivity index (χ1v) is 10.1. The minimum atomic E-state index is 0.163. The molecule has 2 unspecified atom stereocenters. The average Bonchev–Trinajstić information content (AvgIpc) is 2.66. The molecule has 0 amide bonds. The van der Waals surface area contributed by atoms with E-state index in [1.54, 1.807) is 0 Å². The highest BCUT2D eigenvalue weighted by Gasteiger charge is 2.41. The third-order valence-corrected chi connectivity index (χ3v) is 6.42. The Morgan fingerprint density at radius 3 is 2.41 bits per heavy atom. The van der Waals surface area contributed by atoms with Gasteiger partial charge in [-0.15, -0.1) is 0 Å². The smallest absolute Gasteiger partial charge is 0.140 e. The zero-order valence-electron chi connectivity index (χ0n) is 16.4. The Hall–Kier alpha value is -1.97. The number of hydrogen-bond acceptors (Lipinski definition) is 3. The van der Waals surface area contributed by atoms with Crippen molar-refractivity contribution >= 4 is 5.78 Å². The molecule has 3 nitrogen and oxygen atoms in total. The molecule has 2 bridgehead atoms. The van der Waals surface area contributed by atoms with E-state index in [0.29, 0.717) is 24.3 Å². The van der Waals surface area contributed by atoms with Gasteiger partial charge in [-0.1, -0.05) is 48.5 Å². The first kappa shape index (κ1) is 18.4. The number of morpholine rings is 1. The van der Waals surface area contributed by atoms with Crippen molar-refractivity contribution in [2.75, 3.05) is 13.2 Å². The monoisotopic (exact) mass is 363 g/mol. The Labute approximate surface area is 162 Å². The summed E-state index contributed by atoms with van der Waals surface area (Å²) in [5.41, 5.74) is 5.06. The number of ketones is 1. The number of rotatable bonds is 5. The molecule has 0 radical (unpaired) electrons. The van der Waals surface area contributed by atoms with Gasteiger partial charge in [0.1, 0.15) is 5.78 Å². The van der Waals surface area contributed by atoms with Crippen LogP contribution in [0.25, 0.3) is 0 Å². The van der Waals surface area contributed by atoms with Crippen LogP contribution in [0.5, 0.6) is 0 Å². The molecular formula is C24H29NO2. The molecule has 4 rings (SSSR count). The number of benzene rings is 2. The summed E-state index contributed by atoms with van der Waals surface area (Å²) in [4.78, 5) is 15.6. The van der Waals surface area contributed by atoms with Gasteiger partial charge in [0, 0.05) is 31.0 Å². The summed E-state index contributed by atoms with van der Waals surface area (Å²) in [6.45, 7) is 6.70. The van der Waals surface area contributed by atoms with Crippen LogP contribution in [-0.4, -0.2) is 36.0 Å². The lowest BCUT2D eigenvalue weighted by Crippen LogP contribution is -2.57. The lowest BCUT2D eigenvalue weighted by Gasteiger charge is -2.48. The highest BCUT2D eigenvalue weighted by Crippen LogP contribution is 2.34. The second kappa shape index (κ2) is 7.95. The molecule has 2 aliphatic rings. The molecule has 2 heterocycles. The summed E-state index contributed by atoms with van der Waals surface area (Å²) < 4.78 is 5.83. The molecule has 142 valence electrons. The van der Waals surface area contributed by atoms with Crippen LogP contribution in [0.15, 0.2) is 48.5 Å². The molecule has 3 heteroatoms. The minimum Gasteiger partial charge on any atom is -0.378 e. The predicted molar refractivity (Wildman–Crippen MR) is 108 cm³/mol. The SMILES string of the molecule is Cc1cccc(CC(=O)C2CC3COCC(C2)N3Cc2ccccc2)c1C. The van der Waals surface area contributed by atoms with Crippen molar-refractivity contribution in [3.8, 4) is 0 Å². The quantitative estimate of drug-likeness (QED) is 0.801. The number of nitrogens with zero attached hydrogens (tertiary/aromatic N) is 1. The number of fused-ring (bicyclic) bond motifs is 2. The van der Waals surface area contributed by atoms with E-state index in [0.717, 1.165) is 32.6 Å². The minimum absolute atomic E-state index is 0.163. The largest absolute Gasteiger partial charge is 0.378 e. The standard InChI is InChI=1S/C24H29NO2/c1-17-7-6-10-20(18(17)2)13-24(26)21-11-22-15-27-16-23(12-21)25(22)14-19-8-4-3-5-9-19/h3-10,21-23H,11-16H2,1-2H3. The first-order valence-electron chi connectivity index (χ1n) is 10.1. The van der Waals surface area contributed by atoms with Gasteiger partial charge in [-0.05, 0) is 48.9 Å². The van der Waals surface area contributed by atoms with E-state index >= 15 is 0 Å². The molecule has 2 aromatic rings. The number of piperidine rings is 1. The van der Waals surface area contributed by atoms with Gasteiger partial charge in [-0.3, -0.25) is 9.69 Å². The van der Waals surface area contributed by atoms with Crippen molar-refractivity contribution in [1.29, 1.82) is 0 Å². The van der Waals surface area contributed by atoms with Crippen molar-refractivity contribution in [3.05, 3.63) is 70.8 Å². The van der Waals surface area contributed by atoms with Crippen LogP contribution in [0.1, 0.15) is 35.1 Å². The zero-order valence-corrected chi connectivity index (χ0v) is 16.4. The summed E-state index contributed by atoms with van der Waals surface area (Å²) in [5.74, 6) is 0.566. The fourth-order valence-electron chi connectivity index (χ4n) is 4.64. The topological polar surface area (TPSA) is 29.5 Å². The summed E-state index contributed by atoms with van der Waals surface area (Å²) in [6, 6.07) is 17.6. The van der Waals surface area contributed by atoms with Crippen LogP contribution in [0, 0.1) is 19.8 Å². The Kier molecular flexibility index (Phi) is 5.42. The molecule has 2 fully saturated rings. The van der Waals surface area contributed by atoms with E-state index in [-0.39, 0.29) is 5.92 Å². The Balaban J connectivity index is 1.45. The first-order chi connectivity index (χ1) is 13.1. The van der Waals surface area contributed by atoms with Crippen molar-refractivity contribution in [2.24, 2.45) is 5.92 Å². The molecule has 0 saturated carbocycles. The molecule has 27 heavy (non-hydrogen) atoms. The predicted octanol–water partition coefficient (Wildman–Crippen LogP) is 4.09. The van der Waals surface area contributed by atoms with Crippen LogP contribution in [0.4, 0.5) is 0 Å². The highest BCUT2D eigenvalue weighted by atomic mass is 16.5. The molecule has 0 aliphatic carbocycles. The summed E-state index contributed by atoms with van der Waals surface area (Å²) in [7, 11) is 0. The zero-order chi connectivity index (χ0) is 18.8. The average molecular weight is 364 g/mol. The van der Waals surface area contributed by atoms with Crippen molar-refractivity contribution in [2.45, 2.75) is 51.7 Å². The van der Waals surface area contributed by atoms with E-state index < -0.39 is 0 Å². The normalized spacial score (nSPS) is 25.3. The van der Waals surface area contributed by atoms with Crippen LogP contribution in [0.2, 0.25) is 0 Å². The van der Waals surface area contributed by atoms with Gasteiger partial charge >= 0.3 is 0 Å². The summed E-state index contributed by atoms with van der Waals surface area (Å²) in [6.07, 6.45) is 2.41. The fourth-order valence-corrected chi connectivity index (χ4v) is 4.64. The number of carbonyl (C=O) groups excluding carboxylic acids is 1. The molecule has 0 aromatic heterocycles. The van der Waals surface area contributed by atoms with Gasteiger partial charge in [0.05, 0.1) is 13.2 Å². The van der Waals surface area contributed by atoms with Crippen molar-refractivity contribution < 1.29 is 9.53 Å². The molecular weight excluding hydrogens is 334 g/mol. The second-order valence-electron chi connectivity index (χ2n) is 8.17. The number of carbonyl (C=O) groups is 1. The molecule has 0 N–H and O–H groups in total. The number of aryl methyl sites for hydroxylation is 1. The summed E-state index contributed by atoms with van der Waals surface area (Å²) in [5, 5.41) is 0. The number of Topliss-reactive ketones (excluding diaryl/α,β-unsaturated/α-hetero) is 1. The molecule has 0 spiro atoms. The maximum atomic E-state index is 13.1. The Morgan fingerprint density at radius 2 is 1.70 bits per heavy atom. The van der Waals surface area contributed by atoms with Gasteiger partial charge in [-0.2, -0.15) is 0 Å². The van der Waals surface area contributed by atoms with E-state index in [4.69, 9.17) is 4.74 Å². The maximum Gasteiger partial charge on any atom is 0.140 e. The van der Waals surface area contributed by atoms with Crippen LogP contribution >= 0.6 is 0 Å². The van der Waals surface area contributed by atoms with E-state index in [9.17, 15) is 4.79 Å². The van der Waals surface area contributed by atoms with Gasteiger partial charge in [0.2, 0.25) is 0 Å². The van der Waals surface area contributed by atoms with Gasteiger partial charge < -0.3 is 4.74 Å².